The summed E-state index contributed by atoms with van der Waals surface area (Å²) in [6.07, 6.45) is 0.923. The zero-order valence-electron chi connectivity index (χ0n) is 12.4. The fourth-order valence-corrected chi connectivity index (χ4v) is 2.03. The van der Waals surface area contributed by atoms with Crippen molar-refractivity contribution in [3.63, 3.8) is 0 Å². The molecule has 0 aliphatic heterocycles. The Hall–Kier alpha value is -1.35. The molecule has 19 heavy (non-hydrogen) atoms. The first kappa shape index (κ1) is 15.7. The molecule has 1 aromatic rings. The topological polar surface area (TPSA) is 55.1 Å². The molecule has 3 heteroatoms. The van der Waals surface area contributed by atoms with Crippen LogP contribution in [0.15, 0.2) is 24.3 Å². The number of hydrogen-bond acceptors (Lipinski definition) is 2. The number of hydrogen-bond donors (Lipinski definition) is 2. The van der Waals surface area contributed by atoms with Crippen molar-refractivity contribution in [3.05, 3.63) is 35.4 Å². The van der Waals surface area contributed by atoms with Crippen LogP contribution in [0.4, 0.5) is 0 Å². The largest absolute Gasteiger partial charge is 0.350 e. The van der Waals surface area contributed by atoms with Crippen molar-refractivity contribution >= 4 is 5.91 Å². The molecule has 0 heterocycles. The monoisotopic (exact) mass is 262 g/mol. The summed E-state index contributed by atoms with van der Waals surface area (Å²) in [5, 5.41) is 2.89. The molecule has 0 aromatic heterocycles. The van der Waals surface area contributed by atoms with Crippen molar-refractivity contribution < 1.29 is 4.79 Å². The van der Waals surface area contributed by atoms with Gasteiger partial charge in [0.05, 0.1) is 0 Å². The number of amides is 1. The van der Waals surface area contributed by atoms with Gasteiger partial charge in [0.15, 0.2) is 0 Å². The number of rotatable bonds is 6. The number of nitrogens with two attached hydrogens (primary N) is 1. The van der Waals surface area contributed by atoms with E-state index in [0.29, 0.717) is 23.9 Å². The maximum atomic E-state index is 11.9. The molecule has 1 atom stereocenters. The summed E-state index contributed by atoms with van der Waals surface area (Å²) in [6, 6.07) is 7.79. The molecule has 1 rings (SSSR count). The molecule has 1 unspecified atom stereocenters. The summed E-state index contributed by atoms with van der Waals surface area (Å²) in [5.74, 6) is 0.989. The van der Waals surface area contributed by atoms with E-state index in [9.17, 15) is 4.79 Å². The van der Waals surface area contributed by atoms with Gasteiger partial charge < -0.3 is 11.1 Å². The molecule has 3 nitrogen and oxygen atoms in total. The highest BCUT2D eigenvalue weighted by Crippen LogP contribution is 2.14. The molecule has 1 aromatic carbocycles. The lowest BCUT2D eigenvalue weighted by molar-refractivity contribution is 0.0950. The first-order valence-electron chi connectivity index (χ1n) is 7.04. The van der Waals surface area contributed by atoms with E-state index in [1.165, 1.54) is 5.56 Å². The Labute approximate surface area is 116 Å². The summed E-state index contributed by atoms with van der Waals surface area (Å²) in [6.45, 7) is 9.07. The highest BCUT2D eigenvalue weighted by molar-refractivity contribution is 5.94. The zero-order chi connectivity index (χ0) is 14.4. The summed E-state index contributed by atoms with van der Waals surface area (Å²) in [7, 11) is 0. The number of benzene rings is 1. The van der Waals surface area contributed by atoms with E-state index in [0.717, 1.165) is 6.42 Å². The summed E-state index contributed by atoms with van der Waals surface area (Å²) in [4.78, 5) is 11.9. The summed E-state index contributed by atoms with van der Waals surface area (Å²) < 4.78 is 0. The van der Waals surface area contributed by atoms with Gasteiger partial charge in [-0.3, -0.25) is 4.79 Å². The van der Waals surface area contributed by atoms with Gasteiger partial charge in [-0.15, -0.1) is 0 Å². The van der Waals surface area contributed by atoms with E-state index in [1.807, 2.05) is 24.3 Å². The molecule has 0 aliphatic rings. The summed E-state index contributed by atoms with van der Waals surface area (Å²) >= 11 is 0. The predicted octanol–water partition coefficient (Wildman–Crippen LogP) is 2.91. The average molecular weight is 262 g/mol. The van der Waals surface area contributed by atoms with Gasteiger partial charge in [0.1, 0.15) is 0 Å². The van der Waals surface area contributed by atoms with Gasteiger partial charge in [-0.25, -0.2) is 0 Å². The van der Waals surface area contributed by atoms with E-state index in [1.54, 1.807) is 0 Å². The quantitative estimate of drug-likeness (QED) is 0.828. The third kappa shape index (κ3) is 5.43. The van der Waals surface area contributed by atoms with Crippen molar-refractivity contribution in [1.29, 1.82) is 0 Å². The first-order chi connectivity index (χ1) is 8.90. The molecule has 106 valence electrons. The van der Waals surface area contributed by atoms with Crippen molar-refractivity contribution in [2.24, 2.45) is 11.7 Å². The zero-order valence-corrected chi connectivity index (χ0v) is 12.4. The Balaban J connectivity index is 2.49. The molecule has 0 saturated heterocycles. The smallest absolute Gasteiger partial charge is 0.251 e. The van der Waals surface area contributed by atoms with Crippen LogP contribution in [-0.2, 0) is 0 Å². The molecule has 3 N–H and O–H groups in total. The molecule has 0 aliphatic carbocycles. The third-order valence-corrected chi connectivity index (χ3v) is 3.14. The van der Waals surface area contributed by atoms with E-state index in [-0.39, 0.29) is 11.9 Å². The normalized spacial score (nSPS) is 12.8. The average Bonchev–Trinajstić information content (AvgIpc) is 2.35. The number of carbonyl (C=O) groups excluding carboxylic acids is 1. The van der Waals surface area contributed by atoms with Gasteiger partial charge in [0.2, 0.25) is 0 Å². The van der Waals surface area contributed by atoms with E-state index in [4.69, 9.17) is 5.73 Å². The highest BCUT2D eigenvalue weighted by Gasteiger charge is 2.09. The minimum atomic E-state index is -0.0467. The minimum absolute atomic E-state index is 0.0267. The molecule has 0 spiro atoms. The van der Waals surface area contributed by atoms with Crippen molar-refractivity contribution in [1.82, 2.24) is 5.32 Å². The van der Waals surface area contributed by atoms with Crippen LogP contribution >= 0.6 is 0 Å². The van der Waals surface area contributed by atoms with Crippen LogP contribution in [0, 0.1) is 5.92 Å². The van der Waals surface area contributed by atoms with Crippen LogP contribution < -0.4 is 11.1 Å². The van der Waals surface area contributed by atoms with Crippen molar-refractivity contribution in [3.8, 4) is 0 Å². The second-order valence-corrected chi connectivity index (χ2v) is 5.88. The maximum absolute atomic E-state index is 11.9. The Morgan fingerprint density at radius 1 is 1.16 bits per heavy atom. The van der Waals surface area contributed by atoms with E-state index < -0.39 is 0 Å². The van der Waals surface area contributed by atoms with E-state index in [2.05, 4.69) is 33.0 Å². The highest BCUT2D eigenvalue weighted by atomic mass is 16.1. The van der Waals surface area contributed by atoms with Crippen LogP contribution in [0.1, 0.15) is 56.0 Å². The Kier molecular flexibility index (Phi) is 6.03. The first-order valence-corrected chi connectivity index (χ1v) is 7.04. The predicted molar refractivity (Wildman–Crippen MR) is 80.3 cm³/mol. The van der Waals surface area contributed by atoms with Gasteiger partial charge in [0, 0.05) is 18.2 Å². The lowest BCUT2D eigenvalue weighted by Crippen LogP contribution is -2.38. The van der Waals surface area contributed by atoms with Crippen LogP contribution in [0.3, 0.4) is 0 Å². The maximum Gasteiger partial charge on any atom is 0.251 e. The van der Waals surface area contributed by atoms with Crippen LogP contribution in [0.5, 0.6) is 0 Å². The van der Waals surface area contributed by atoms with Crippen LogP contribution in [0.25, 0.3) is 0 Å². The van der Waals surface area contributed by atoms with Crippen molar-refractivity contribution in [2.75, 3.05) is 6.54 Å². The molecule has 0 fully saturated rings. The summed E-state index contributed by atoms with van der Waals surface area (Å²) in [5.41, 5.74) is 7.89. The third-order valence-electron chi connectivity index (χ3n) is 3.14. The van der Waals surface area contributed by atoms with E-state index >= 15 is 0 Å². The van der Waals surface area contributed by atoms with Gasteiger partial charge in [-0.1, -0.05) is 39.8 Å². The Bertz CT molecular complexity index is 396. The molecule has 0 radical (unpaired) electrons. The SMILES string of the molecule is CC(C)CC(N)CNC(=O)c1ccc(C(C)C)cc1. The van der Waals surface area contributed by atoms with Gasteiger partial charge in [0.25, 0.3) is 5.91 Å². The molecule has 0 saturated carbocycles. The molecule has 0 bridgehead atoms. The molecular formula is C16H26N2O. The van der Waals surface area contributed by atoms with Crippen molar-refractivity contribution in [2.45, 2.75) is 46.1 Å². The van der Waals surface area contributed by atoms with Crippen LogP contribution in [0.2, 0.25) is 0 Å². The van der Waals surface area contributed by atoms with Gasteiger partial charge >= 0.3 is 0 Å². The fraction of sp³-hybridized carbons (Fsp3) is 0.562. The number of carbonyl (C=O) groups is 1. The van der Waals surface area contributed by atoms with Crippen LogP contribution in [-0.4, -0.2) is 18.5 Å². The molecular weight excluding hydrogens is 236 g/mol. The standard InChI is InChI=1S/C16H26N2O/c1-11(2)9-15(17)10-18-16(19)14-7-5-13(6-8-14)12(3)4/h5-8,11-12,15H,9-10,17H2,1-4H3,(H,18,19). The Morgan fingerprint density at radius 3 is 2.21 bits per heavy atom. The number of nitrogens with one attached hydrogen (secondary N) is 1. The lowest BCUT2D eigenvalue weighted by Gasteiger charge is -2.15. The fourth-order valence-electron chi connectivity index (χ4n) is 2.03. The minimum Gasteiger partial charge on any atom is -0.350 e. The Morgan fingerprint density at radius 2 is 1.74 bits per heavy atom. The lowest BCUT2D eigenvalue weighted by atomic mass is 10.0. The second-order valence-electron chi connectivity index (χ2n) is 5.88. The van der Waals surface area contributed by atoms with Gasteiger partial charge in [-0.05, 0) is 36.0 Å². The van der Waals surface area contributed by atoms with Gasteiger partial charge in [-0.2, -0.15) is 0 Å². The molecule has 1 amide bonds. The second kappa shape index (κ2) is 7.29.